The Hall–Kier alpha value is -1.25. The number of methoxy groups -OCH3 is 1. The van der Waals surface area contributed by atoms with Gasteiger partial charge in [-0.05, 0) is 0 Å². The van der Waals surface area contributed by atoms with Crippen LogP contribution in [-0.4, -0.2) is 12.1 Å². The van der Waals surface area contributed by atoms with Crippen molar-refractivity contribution in [2.75, 3.05) is 7.11 Å². The summed E-state index contributed by atoms with van der Waals surface area (Å²) in [5.74, 6) is 0.345. The average Bonchev–Trinajstić information content (AvgIpc) is 1.89. The molecule has 1 aromatic rings. The predicted molar refractivity (Wildman–Crippen MR) is 33.6 cm³/mol. The number of hydrogen-bond donors (Lipinski definition) is 1. The van der Waals surface area contributed by atoms with Crippen LogP contribution in [-0.2, 0) is 0 Å². The zero-order valence-electron chi connectivity index (χ0n) is 5.05. The third-order valence-electron chi connectivity index (χ3n) is 1.01. The van der Waals surface area contributed by atoms with Crippen molar-refractivity contribution in [3.05, 3.63) is 28.7 Å². The Bertz CT molecular complexity index is 241. The van der Waals surface area contributed by atoms with Gasteiger partial charge in [0.15, 0.2) is 5.75 Å². The van der Waals surface area contributed by atoms with E-state index < -0.39 is 0 Å². The van der Waals surface area contributed by atoms with Crippen molar-refractivity contribution in [2.24, 2.45) is 0 Å². The molecule has 0 aliphatic rings. The minimum atomic E-state index is -0.101. The Morgan fingerprint density at radius 1 is 1.67 bits per heavy atom. The average molecular weight is 125 g/mol. The van der Waals surface area contributed by atoms with E-state index in [1.54, 1.807) is 6.20 Å². The van der Waals surface area contributed by atoms with Crippen molar-refractivity contribution < 1.29 is 4.74 Å². The van der Waals surface area contributed by atoms with Crippen LogP contribution >= 0.6 is 0 Å². The standard InChI is InChI=1S/C6H7NO2/c1-9-6-4-7-3-2-5(6)8/h2-4H,1H3,(H,7,8). The van der Waals surface area contributed by atoms with E-state index in [4.69, 9.17) is 4.74 Å². The zero-order valence-corrected chi connectivity index (χ0v) is 5.05. The summed E-state index contributed by atoms with van der Waals surface area (Å²) in [5.41, 5.74) is -0.101. The Balaban J connectivity index is 3.16. The highest BCUT2D eigenvalue weighted by Crippen LogP contribution is 1.94. The maximum absolute atomic E-state index is 10.7. The third kappa shape index (κ3) is 1.10. The summed E-state index contributed by atoms with van der Waals surface area (Å²) in [6, 6.07) is 1.42. The molecule has 9 heavy (non-hydrogen) atoms. The summed E-state index contributed by atoms with van der Waals surface area (Å²) >= 11 is 0. The first kappa shape index (κ1) is 5.88. The molecule has 0 amide bonds. The van der Waals surface area contributed by atoms with Gasteiger partial charge in [-0.25, -0.2) is 0 Å². The van der Waals surface area contributed by atoms with Crippen molar-refractivity contribution in [1.29, 1.82) is 0 Å². The summed E-state index contributed by atoms with van der Waals surface area (Å²) in [4.78, 5) is 13.4. The van der Waals surface area contributed by atoms with Gasteiger partial charge in [-0.15, -0.1) is 0 Å². The molecule has 1 heterocycles. The molecular weight excluding hydrogens is 118 g/mol. The molecule has 0 atom stereocenters. The van der Waals surface area contributed by atoms with Crippen molar-refractivity contribution in [3.63, 3.8) is 0 Å². The minimum Gasteiger partial charge on any atom is -0.491 e. The van der Waals surface area contributed by atoms with E-state index >= 15 is 0 Å². The predicted octanol–water partition coefficient (Wildman–Crippen LogP) is 0.383. The molecule has 0 unspecified atom stereocenters. The van der Waals surface area contributed by atoms with Crippen LogP contribution in [0.5, 0.6) is 5.75 Å². The normalized spacial score (nSPS) is 9.00. The molecule has 0 aliphatic carbocycles. The van der Waals surface area contributed by atoms with Gasteiger partial charge in [0.2, 0.25) is 5.43 Å². The number of H-pyrrole nitrogens is 1. The lowest BCUT2D eigenvalue weighted by Gasteiger charge is -1.93. The van der Waals surface area contributed by atoms with Gasteiger partial charge in [-0.1, -0.05) is 0 Å². The fraction of sp³-hybridized carbons (Fsp3) is 0.167. The van der Waals surface area contributed by atoms with Gasteiger partial charge < -0.3 is 9.72 Å². The second-order valence-electron chi connectivity index (χ2n) is 1.58. The summed E-state index contributed by atoms with van der Waals surface area (Å²) in [5, 5.41) is 0. The summed E-state index contributed by atoms with van der Waals surface area (Å²) in [7, 11) is 1.46. The molecule has 3 heteroatoms. The maximum Gasteiger partial charge on any atom is 0.223 e. The van der Waals surface area contributed by atoms with Gasteiger partial charge in [0.05, 0.1) is 7.11 Å². The van der Waals surface area contributed by atoms with Crippen LogP contribution in [0.1, 0.15) is 0 Å². The van der Waals surface area contributed by atoms with Gasteiger partial charge in [0.25, 0.3) is 0 Å². The molecule has 1 N–H and O–H groups in total. The van der Waals surface area contributed by atoms with E-state index in [-0.39, 0.29) is 5.43 Å². The van der Waals surface area contributed by atoms with Crippen molar-refractivity contribution in [3.8, 4) is 5.75 Å². The molecule has 0 fully saturated rings. The molecule has 0 aromatic carbocycles. The quantitative estimate of drug-likeness (QED) is 0.589. The fourth-order valence-corrected chi connectivity index (χ4v) is 0.560. The maximum atomic E-state index is 10.7. The molecule has 48 valence electrons. The number of nitrogens with one attached hydrogen (secondary N) is 1. The van der Waals surface area contributed by atoms with E-state index in [2.05, 4.69) is 4.98 Å². The number of pyridine rings is 1. The first-order valence-corrected chi connectivity index (χ1v) is 2.55. The molecule has 0 spiro atoms. The van der Waals surface area contributed by atoms with Crippen LogP contribution < -0.4 is 10.2 Å². The van der Waals surface area contributed by atoms with Crippen LogP contribution in [0, 0.1) is 0 Å². The third-order valence-corrected chi connectivity index (χ3v) is 1.01. The highest BCUT2D eigenvalue weighted by molar-refractivity contribution is 5.15. The molecule has 0 bridgehead atoms. The van der Waals surface area contributed by atoms with E-state index in [1.807, 2.05) is 0 Å². The second-order valence-corrected chi connectivity index (χ2v) is 1.58. The topological polar surface area (TPSA) is 42.1 Å². The van der Waals surface area contributed by atoms with E-state index in [9.17, 15) is 4.79 Å². The van der Waals surface area contributed by atoms with Crippen molar-refractivity contribution in [1.82, 2.24) is 4.98 Å². The minimum absolute atomic E-state index is 0.101. The highest BCUT2D eigenvalue weighted by atomic mass is 16.5. The van der Waals surface area contributed by atoms with Crippen LogP contribution in [0.4, 0.5) is 0 Å². The first-order valence-electron chi connectivity index (χ1n) is 2.55. The molecular formula is C6H7NO2. The molecule has 0 radical (unpaired) electrons. The molecule has 1 rings (SSSR count). The molecule has 1 aromatic heterocycles. The van der Waals surface area contributed by atoms with Crippen molar-refractivity contribution in [2.45, 2.75) is 0 Å². The van der Waals surface area contributed by atoms with Crippen LogP contribution in [0.2, 0.25) is 0 Å². The van der Waals surface area contributed by atoms with Crippen LogP contribution in [0.25, 0.3) is 0 Å². The summed E-state index contributed by atoms with van der Waals surface area (Å²) in [6.45, 7) is 0. The summed E-state index contributed by atoms with van der Waals surface area (Å²) < 4.78 is 4.70. The molecule has 0 aliphatic heterocycles. The molecule has 3 nitrogen and oxygen atoms in total. The Labute approximate surface area is 52.3 Å². The SMILES string of the molecule is COc1c[nH]ccc1=O. The number of ether oxygens (including phenoxy) is 1. The number of hydrogen-bond acceptors (Lipinski definition) is 2. The van der Waals surface area contributed by atoms with Crippen LogP contribution in [0.15, 0.2) is 23.3 Å². The van der Waals surface area contributed by atoms with E-state index in [1.165, 1.54) is 19.4 Å². The Morgan fingerprint density at radius 2 is 2.44 bits per heavy atom. The fourth-order valence-electron chi connectivity index (χ4n) is 0.560. The lowest BCUT2D eigenvalue weighted by Crippen LogP contribution is -2.02. The largest absolute Gasteiger partial charge is 0.491 e. The van der Waals surface area contributed by atoms with Gasteiger partial charge >= 0.3 is 0 Å². The smallest absolute Gasteiger partial charge is 0.223 e. The van der Waals surface area contributed by atoms with Crippen molar-refractivity contribution >= 4 is 0 Å². The second kappa shape index (κ2) is 2.35. The van der Waals surface area contributed by atoms with Gasteiger partial charge in [0.1, 0.15) is 0 Å². The molecule has 0 saturated carbocycles. The Morgan fingerprint density at radius 3 is 2.89 bits per heavy atom. The lowest BCUT2D eigenvalue weighted by atomic mass is 10.4. The summed E-state index contributed by atoms with van der Waals surface area (Å²) in [6.07, 6.45) is 3.08. The number of aromatic amines is 1. The first-order chi connectivity index (χ1) is 4.34. The highest BCUT2D eigenvalue weighted by Gasteiger charge is 1.91. The van der Waals surface area contributed by atoms with Gasteiger partial charge in [-0.3, -0.25) is 4.79 Å². The van der Waals surface area contributed by atoms with E-state index in [0.717, 1.165) is 0 Å². The van der Waals surface area contributed by atoms with Gasteiger partial charge in [-0.2, -0.15) is 0 Å². The number of aromatic nitrogens is 1. The van der Waals surface area contributed by atoms with Crippen LogP contribution in [0.3, 0.4) is 0 Å². The Kier molecular flexibility index (Phi) is 1.53. The monoisotopic (exact) mass is 125 g/mol. The van der Waals surface area contributed by atoms with E-state index in [0.29, 0.717) is 5.75 Å². The molecule has 0 saturated heterocycles. The van der Waals surface area contributed by atoms with Gasteiger partial charge in [0, 0.05) is 18.5 Å². The zero-order chi connectivity index (χ0) is 6.69. The lowest BCUT2D eigenvalue weighted by molar-refractivity contribution is 0.409. The number of rotatable bonds is 1.